The molecule has 0 aromatic carbocycles. The summed E-state index contributed by atoms with van der Waals surface area (Å²) in [7, 11) is -4.44. The molecule has 0 spiro atoms. The quantitative estimate of drug-likeness (QED) is 0.166. The van der Waals surface area contributed by atoms with Crippen LogP contribution in [-0.4, -0.2) is 16.0 Å². The average molecular weight is 365 g/mol. The summed E-state index contributed by atoms with van der Waals surface area (Å²) in [5, 5.41) is 0. The van der Waals surface area contributed by atoms with E-state index in [0.29, 0.717) is 6.42 Å². The van der Waals surface area contributed by atoms with Crippen LogP contribution in [0.1, 0.15) is 110 Å². The van der Waals surface area contributed by atoms with E-state index in [4.69, 9.17) is 15.5 Å². The first-order valence-corrected chi connectivity index (χ1v) is 11.5. The van der Waals surface area contributed by atoms with Crippen molar-refractivity contribution in [3.05, 3.63) is 0 Å². The molecule has 6 heteroatoms. The SMILES string of the molecule is CCCCCCCCCCCCCCCCCC(N)OP(=O)(O)O. The fourth-order valence-corrected chi connectivity index (χ4v) is 3.40. The average Bonchev–Trinajstić information content (AvgIpc) is 2.49. The van der Waals surface area contributed by atoms with Gasteiger partial charge in [0.15, 0.2) is 0 Å². The lowest BCUT2D eigenvalue weighted by atomic mass is 10.0. The van der Waals surface area contributed by atoms with E-state index in [2.05, 4.69) is 11.4 Å². The maximum Gasteiger partial charge on any atom is 0.471 e. The van der Waals surface area contributed by atoms with Crippen molar-refractivity contribution in [3.8, 4) is 0 Å². The fourth-order valence-electron chi connectivity index (χ4n) is 2.95. The Morgan fingerprint density at radius 2 is 1.08 bits per heavy atom. The molecule has 0 rings (SSSR count). The van der Waals surface area contributed by atoms with E-state index >= 15 is 0 Å². The summed E-state index contributed by atoms with van der Waals surface area (Å²) >= 11 is 0. The standard InChI is InChI=1S/C18H40NO4P/c1-2-3-4-5-6-7-8-9-10-11-12-13-14-15-16-17-18(19)23-24(20,21)22/h18H,2-17,19H2,1H3,(H2,20,21,22). The van der Waals surface area contributed by atoms with Gasteiger partial charge in [-0.2, -0.15) is 0 Å². The fraction of sp³-hybridized carbons (Fsp3) is 1.00. The van der Waals surface area contributed by atoms with E-state index in [-0.39, 0.29) is 0 Å². The van der Waals surface area contributed by atoms with Crippen molar-refractivity contribution in [1.29, 1.82) is 0 Å². The maximum atomic E-state index is 10.6. The molecule has 0 aromatic rings. The van der Waals surface area contributed by atoms with Crippen LogP contribution in [0.2, 0.25) is 0 Å². The van der Waals surface area contributed by atoms with Gasteiger partial charge in [-0.3, -0.25) is 4.52 Å². The van der Waals surface area contributed by atoms with Gasteiger partial charge < -0.3 is 15.5 Å². The largest absolute Gasteiger partial charge is 0.471 e. The van der Waals surface area contributed by atoms with Gasteiger partial charge in [0, 0.05) is 0 Å². The zero-order chi connectivity index (χ0) is 18.1. The van der Waals surface area contributed by atoms with Crippen molar-refractivity contribution >= 4 is 7.82 Å². The molecule has 0 aliphatic carbocycles. The van der Waals surface area contributed by atoms with Crippen LogP contribution in [0.4, 0.5) is 0 Å². The summed E-state index contributed by atoms with van der Waals surface area (Å²) < 4.78 is 15.0. The van der Waals surface area contributed by atoms with Crippen LogP contribution < -0.4 is 5.73 Å². The van der Waals surface area contributed by atoms with Crippen LogP contribution in [0.25, 0.3) is 0 Å². The second kappa shape index (κ2) is 16.5. The predicted octanol–water partition coefficient (Wildman–Crippen LogP) is 5.64. The third kappa shape index (κ3) is 20.1. The van der Waals surface area contributed by atoms with Crippen LogP contribution in [0.3, 0.4) is 0 Å². The van der Waals surface area contributed by atoms with Gasteiger partial charge in [-0.15, -0.1) is 0 Å². The van der Waals surface area contributed by atoms with E-state index in [1.165, 1.54) is 83.5 Å². The minimum atomic E-state index is -4.44. The molecule has 0 heterocycles. The number of hydrogen-bond acceptors (Lipinski definition) is 3. The van der Waals surface area contributed by atoms with Crippen LogP contribution in [0.5, 0.6) is 0 Å². The number of unbranched alkanes of at least 4 members (excludes halogenated alkanes) is 14. The van der Waals surface area contributed by atoms with Crippen molar-refractivity contribution in [3.63, 3.8) is 0 Å². The summed E-state index contributed by atoms with van der Waals surface area (Å²) in [4.78, 5) is 17.2. The highest BCUT2D eigenvalue weighted by Gasteiger charge is 2.18. The third-order valence-corrected chi connectivity index (χ3v) is 4.91. The van der Waals surface area contributed by atoms with Crippen molar-refractivity contribution in [2.45, 2.75) is 116 Å². The molecule has 24 heavy (non-hydrogen) atoms. The number of phosphoric acid groups is 1. The van der Waals surface area contributed by atoms with Gasteiger partial charge in [-0.05, 0) is 12.8 Å². The highest BCUT2D eigenvalue weighted by molar-refractivity contribution is 7.46. The zero-order valence-electron chi connectivity index (χ0n) is 15.6. The molecule has 0 aliphatic heterocycles. The topological polar surface area (TPSA) is 92.8 Å². The summed E-state index contributed by atoms with van der Waals surface area (Å²) in [6.07, 6.45) is 19.1. The Labute approximate surface area is 149 Å². The van der Waals surface area contributed by atoms with E-state index in [1.807, 2.05) is 0 Å². The van der Waals surface area contributed by atoms with Crippen LogP contribution >= 0.6 is 7.82 Å². The predicted molar refractivity (Wildman–Crippen MR) is 101 cm³/mol. The summed E-state index contributed by atoms with van der Waals surface area (Å²) in [6, 6.07) is 0. The molecule has 5 nitrogen and oxygen atoms in total. The van der Waals surface area contributed by atoms with Gasteiger partial charge in [-0.1, -0.05) is 96.8 Å². The molecule has 0 aliphatic rings. The van der Waals surface area contributed by atoms with E-state index in [9.17, 15) is 4.57 Å². The van der Waals surface area contributed by atoms with Crippen LogP contribution in [0, 0.1) is 0 Å². The molecule has 0 radical (unpaired) electrons. The molecular formula is C18H40NO4P. The van der Waals surface area contributed by atoms with Gasteiger partial charge in [0.05, 0.1) is 0 Å². The van der Waals surface area contributed by atoms with E-state index in [1.54, 1.807) is 0 Å². The molecule has 1 atom stereocenters. The molecule has 0 bridgehead atoms. The van der Waals surface area contributed by atoms with E-state index in [0.717, 1.165) is 12.8 Å². The van der Waals surface area contributed by atoms with Gasteiger partial charge in [0.25, 0.3) is 0 Å². The maximum absolute atomic E-state index is 10.6. The molecular weight excluding hydrogens is 325 g/mol. The summed E-state index contributed by atoms with van der Waals surface area (Å²) in [5.41, 5.74) is 5.50. The first-order chi connectivity index (χ1) is 11.5. The van der Waals surface area contributed by atoms with Crippen molar-refractivity contribution < 1.29 is 18.9 Å². The Balaban J connectivity index is 3.14. The number of rotatable bonds is 18. The Hall–Kier alpha value is 0.0700. The third-order valence-electron chi connectivity index (χ3n) is 4.36. The molecule has 4 N–H and O–H groups in total. The Kier molecular flexibility index (Phi) is 16.6. The summed E-state index contributed by atoms with van der Waals surface area (Å²) in [5.74, 6) is 0. The molecule has 146 valence electrons. The second-order valence-electron chi connectivity index (χ2n) is 6.87. The molecule has 0 fully saturated rings. The molecule has 0 saturated heterocycles. The van der Waals surface area contributed by atoms with Crippen molar-refractivity contribution in [2.24, 2.45) is 5.73 Å². The van der Waals surface area contributed by atoms with Gasteiger partial charge in [-0.25, -0.2) is 4.57 Å². The summed E-state index contributed by atoms with van der Waals surface area (Å²) in [6.45, 7) is 2.26. The highest BCUT2D eigenvalue weighted by Crippen LogP contribution is 2.37. The Morgan fingerprint density at radius 1 is 0.750 bits per heavy atom. The minimum Gasteiger partial charge on any atom is -0.306 e. The minimum absolute atomic E-state index is 0.503. The molecule has 0 amide bonds. The smallest absolute Gasteiger partial charge is 0.306 e. The molecule has 0 aromatic heterocycles. The molecule has 1 unspecified atom stereocenters. The Bertz CT molecular complexity index is 309. The van der Waals surface area contributed by atoms with Crippen molar-refractivity contribution in [2.75, 3.05) is 0 Å². The first-order valence-electron chi connectivity index (χ1n) is 9.95. The molecule has 0 saturated carbocycles. The van der Waals surface area contributed by atoms with Crippen LogP contribution in [0.15, 0.2) is 0 Å². The van der Waals surface area contributed by atoms with Crippen LogP contribution in [-0.2, 0) is 9.09 Å². The van der Waals surface area contributed by atoms with Crippen molar-refractivity contribution in [1.82, 2.24) is 0 Å². The van der Waals surface area contributed by atoms with Gasteiger partial charge >= 0.3 is 7.82 Å². The number of phosphoric ester groups is 1. The first kappa shape index (κ1) is 24.1. The van der Waals surface area contributed by atoms with Gasteiger partial charge in [0.2, 0.25) is 0 Å². The lowest BCUT2D eigenvalue weighted by molar-refractivity contribution is 0.129. The monoisotopic (exact) mass is 365 g/mol. The second-order valence-corrected chi connectivity index (χ2v) is 8.06. The highest BCUT2D eigenvalue weighted by atomic mass is 31.2. The normalized spacial score (nSPS) is 13.3. The van der Waals surface area contributed by atoms with Gasteiger partial charge in [0.1, 0.15) is 6.23 Å². The van der Waals surface area contributed by atoms with E-state index < -0.39 is 14.1 Å². The zero-order valence-corrected chi connectivity index (χ0v) is 16.5. The Morgan fingerprint density at radius 3 is 1.42 bits per heavy atom. The number of nitrogens with two attached hydrogens (primary N) is 1. The lowest BCUT2D eigenvalue weighted by Gasteiger charge is -2.12. The lowest BCUT2D eigenvalue weighted by Crippen LogP contribution is -2.22. The number of hydrogen-bond donors (Lipinski definition) is 3.